The number of anilines is 1. The van der Waals surface area contributed by atoms with E-state index in [0.29, 0.717) is 18.1 Å². The smallest absolute Gasteiger partial charge is 0.265 e. The maximum atomic E-state index is 12.5. The van der Waals surface area contributed by atoms with Crippen molar-refractivity contribution in [1.82, 2.24) is 15.2 Å². The van der Waals surface area contributed by atoms with Gasteiger partial charge in [0.1, 0.15) is 10.7 Å². The van der Waals surface area contributed by atoms with Gasteiger partial charge in [0, 0.05) is 19.6 Å². The Hall–Kier alpha value is -1.81. The molecule has 1 aromatic rings. The molecule has 1 aromatic heterocycles. The average molecular weight is 399 g/mol. The number of thiocarbonyl (C=S) groups is 1. The predicted molar refractivity (Wildman–Crippen MR) is 101 cm³/mol. The molecule has 3 rings (SSSR count). The summed E-state index contributed by atoms with van der Waals surface area (Å²) in [7, 11) is 0. The number of thiazole rings is 1. The molecule has 132 valence electrons. The Morgan fingerprint density at radius 2 is 2.12 bits per heavy atom. The third-order valence-corrected chi connectivity index (χ3v) is 5.44. The first kappa shape index (κ1) is 18.0. The standard InChI is InChI=1S/C15H15ClN4O3S2/c1-2-3-20-13(22)9(12(21)18-14(20)24)8-10-11(16)17-15(25-10)19-4-6-23-7-5-19/h2,8H,1,3-7H2,(H,18,21,24)/b9-8+. The van der Waals surface area contributed by atoms with Crippen LogP contribution < -0.4 is 10.2 Å². The molecule has 0 aromatic carbocycles. The van der Waals surface area contributed by atoms with Crippen LogP contribution in [-0.2, 0) is 14.3 Å². The van der Waals surface area contributed by atoms with Gasteiger partial charge in [-0.3, -0.25) is 19.8 Å². The Morgan fingerprint density at radius 3 is 2.80 bits per heavy atom. The molecule has 2 fully saturated rings. The quantitative estimate of drug-likeness (QED) is 0.358. The van der Waals surface area contributed by atoms with Gasteiger partial charge in [-0.05, 0) is 18.3 Å². The maximum Gasteiger partial charge on any atom is 0.265 e. The van der Waals surface area contributed by atoms with Crippen molar-refractivity contribution in [2.24, 2.45) is 0 Å². The fourth-order valence-corrected chi connectivity index (χ4v) is 3.90. The van der Waals surface area contributed by atoms with Gasteiger partial charge in [0.25, 0.3) is 11.8 Å². The van der Waals surface area contributed by atoms with Crippen LogP contribution in [0.25, 0.3) is 6.08 Å². The number of nitrogens with one attached hydrogen (secondary N) is 1. The Kier molecular flexibility index (Phi) is 5.48. The molecule has 0 saturated carbocycles. The normalized spacial score (nSPS) is 20.2. The van der Waals surface area contributed by atoms with Gasteiger partial charge < -0.3 is 9.64 Å². The first-order valence-electron chi connectivity index (χ1n) is 7.50. The number of carbonyl (C=O) groups is 2. The van der Waals surface area contributed by atoms with Crippen molar-refractivity contribution < 1.29 is 14.3 Å². The molecule has 7 nitrogen and oxygen atoms in total. The molecule has 0 radical (unpaired) electrons. The summed E-state index contributed by atoms with van der Waals surface area (Å²) in [4.78, 5) is 32.9. The summed E-state index contributed by atoms with van der Waals surface area (Å²) >= 11 is 12.6. The molecule has 0 spiro atoms. The third kappa shape index (κ3) is 3.74. The van der Waals surface area contributed by atoms with E-state index in [1.54, 1.807) is 0 Å². The summed E-state index contributed by atoms with van der Waals surface area (Å²) < 4.78 is 5.32. The second-order valence-corrected chi connectivity index (χ2v) is 7.03. The van der Waals surface area contributed by atoms with Crippen molar-refractivity contribution >= 4 is 63.3 Å². The molecule has 0 unspecified atom stereocenters. The summed E-state index contributed by atoms with van der Waals surface area (Å²) in [6.07, 6.45) is 3.00. The van der Waals surface area contributed by atoms with Crippen LogP contribution in [0, 0.1) is 0 Å². The van der Waals surface area contributed by atoms with Gasteiger partial charge >= 0.3 is 0 Å². The lowest BCUT2D eigenvalue weighted by molar-refractivity contribution is -0.128. The van der Waals surface area contributed by atoms with Crippen LogP contribution in [0.15, 0.2) is 18.2 Å². The topological polar surface area (TPSA) is 74.8 Å². The van der Waals surface area contributed by atoms with Gasteiger partial charge in [-0.25, -0.2) is 4.98 Å². The third-order valence-electron chi connectivity index (χ3n) is 3.65. The number of nitrogens with zero attached hydrogens (tertiary/aromatic N) is 3. The van der Waals surface area contributed by atoms with E-state index in [9.17, 15) is 9.59 Å². The van der Waals surface area contributed by atoms with E-state index < -0.39 is 11.8 Å². The van der Waals surface area contributed by atoms with E-state index in [2.05, 4.69) is 21.8 Å². The number of rotatable bonds is 4. The molecule has 10 heteroatoms. The summed E-state index contributed by atoms with van der Waals surface area (Å²) in [5.74, 6) is -1.03. The minimum absolute atomic E-state index is 0.0328. The van der Waals surface area contributed by atoms with Gasteiger partial charge in [0.15, 0.2) is 10.2 Å². The van der Waals surface area contributed by atoms with Gasteiger partial charge in [0.05, 0.1) is 18.1 Å². The lowest BCUT2D eigenvalue weighted by Crippen LogP contribution is -2.53. The Bertz CT molecular complexity index is 771. The number of carbonyl (C=O) groups excluding carboxylic acids is 2. The van der Waals surface area contributed by atoms with Crippen LogP contribution in [0.2, 0.25) is 5.15 Å². The van der Waals surface area contributed by atoms with E-state index in [-0.39, 0.29) is 22.4 Å². The van der Waals surface area contributed by atoms with Crippen LogP contribution in [0.4, 0.5) is 5.13 Å². The van der Waals surface area contributed by atoms with Crippen molar-refractivity contribution in [2.75, 3.05) is 37.7 Å². The van der Waals surface area contributed by atoms with Crippen LogP contribution in [0.5, 0.6) is 0 Å². The SMILES string of the molecule is C=CCN1C(=O)/C(=C/c2sc(N3CCOCC3)nc2Cl)C(=O)NC1=S. The first-order chi connectivity index (χ1) is 12.0. The van der Waals surface area contributed by atoms with E-state index in [0.717, 1.165) is 18.2 Å². The summed E-state index contributed by atoms with van der Waals surface area (Å²) in [6.45, 7) is 6.50. The number of hydrogen-bond acceptors (Lipinski definition) is 7. The van der Waals surface area contributed by atoms with Crippen LogP contribution in [0.3, 0.4) is 0 Å². The monoisotopic (exact) mass is 398 g/mol. The maximum absolute atomic E-state index is 12.5. The minimum atomic E-state index is -0.548. The molecule has 25 heavy (non-hydrogen) atoms. The predicted octanol–water partition coefficient (Wildman–Crippen LogP) is 1.45. The van der Waals surface area contributed by atoms with E-state index in [1.165, 1.54) is 28.4 Å². The highest BCUT2D eigenvalue weighted by molar-refractivity contribution is 7.80. The molecular weight excluding hydrogens is 384 g/mol. The molecule has 2 aliphatic rings. The van der Waals surface area contributed by atoms with Crippen LogP contribution in [-0.4, -0.2) is 59.7 Å². The molecule has 3 heterocycles. The molecule has 0 atom stereocenters. The number of hydrogen-bond donors (Lipinski definition) is 1. The molecule has 1 N–H and O–H groups in total. The van der Waals surface area contributed by atoms with Gasteiger partial charge in [-0.2, -0.15) is 0 Å². The van der Waals surface area contributed by atoms with E-state index >= 15 is 0 Å². The molecule has 2 amide bonds. The van der Waals surface area contributed by atoms with Gasteiger partial charge in [-0.1, -0.05) is 29.0 Å². The highest BCUT2D eigenvalue weighted by Crippen LogP contribution is 2.32. The van der Waals surface area contributed by atoms with Crippen LogP contribution in [0.1, 0.15) is 4.88 Å². The molecule has 2 aliphatic heterocycles. The van der Waals surface area contributed by atoms with Gasteiger partial charge in [0.2, 0.25) is 0 Å². The van der Waals surface area contributed by atoms with Crippen molar-refractivity contribution in [3.63, 3.8) is 0 Å². The van der Waals surface area contributed by atoms with Gasteiger partial charge in [-0.15, -0.1) is 6.58 Å². The highest BCUT2D eigenvalue weighted by atomic mass is 35.5. The van der Waals surface area contributed by atoms with E-state index in [4.69, 9.17) is 28.6 Å². The Balaban J connectivity index is 1.89. The zero-order chi connectivity index (χ0) is 18.0. The van der Waals surface area contributed by atoms with Crippen molar-refractivity contribution in [3.8, 4) is 0 Å². The number of halogens is 1. The van der Waals surface area contributed by atoms with Crippen LogP contribution >= 0.6 is 35.2 Å². The lowest BCUT2D eigenvalue weighted by atomic mass is 10.1. The molecule has 2 saturated heterocycles. The Morgan fingerprint density at radius 1 is 1.40 bits per heavy atom. The Labute approximate surface area is 158 Å². The molecular formula is C15H15ClN4O3S2. The van der Waals surface area contributed by atoms with Crippen molar-refractivity contribution in [3.05, 3.63) is 28.3 Å². The first-order valence-corrected chi connectivity index (χ1v) is 9.10. The summed E-state index contributed by atoms with van der Waals surface area (Å²) in [6, 6.07) is 0. The second kappa shape index (κ2) is 7.61. The number of aromatic nitrogens is 1. The number of ether oxygens (including phenoxy) is 1. The van der Waals surface area contributed by atoms with Crippen molar-refractivity contribution in [2.45, 2.75) is 0 Å². The molecule has 0 aliphatic carbocycles. The minimum Gasteiger partial charge on any atom is -0.378 e. The van der Waals surface area contributed by atoms with E-state index in [1.807, 2.05) is 0 Å². The average Bonchev–Trinajstić information content (AvgIpc) is 2.97. The number of morpholine rings is 1. The fraction of sp³-hybridized carbons (Fsp3) is 0.333. The number of amides is 2. The summed E-state index contributed by atoms with van der Waals surface area (Å²) in [5.41, 5.74) is -0.0328. The zero-order valence-corrected chi connectivity index (χ0v) is 15.5. The van der Waals surface area contributed by atoms with Crippen molar-refractivity contribution in [1.29, 1.82) is 0 Å². The molecule has 0 bridgehead atoms. The largest absolute Gasteiger partial charge is 0.378 e. The zero-order valence-electron chi connectivity index (χ0n) is 13.2. The second-order valence-electron chi connectivity index (χ2n) is 5.27. The fourth-order valence-electron chi connectivity index (χ4n) is 2.40. The lowest BCUT2D eigenvalue weighted by Gasteiger charge is -2.27. The highest BCUT2D eigenvalue weighted by Gasteiger charge is 2.33. The summed E-state index contributed by atoms with van der Waals surface area (Å²) in [5, 5.41) is 3.56.